The van der Waals surface area contributed by atoms with Crippen molar-refractivity contribution in [2.45, 2.75) is 6.92 Å². The van der Waals surface area contributed by atoms with Crippen molar-refractivity contribution in [1.82, 2.24) is 0 Å². The average molecular weight is 514 g/mol. The molecule has 0 aliphatic carbocycles. The van der Waals surface area contributed by atoms with Gasteiger partial charge in [0.1, 0.15) is 22.3 Å². The van der Waals surface area contributed by atoms with Gasteiger partial charge >= 0.3 is 0 Å². The highest BCUT2D eigenvalue weighted by Crippen LogP contribution is 2.36. The van der Waals surface area contributed by atoms with Crippen molar-refractivity contribution in [3.8, 4) is 5.75 Å². The molecule has 0 unspecified atom stereocenters. The third-order valence-electron chi connectivity index (χ3n) is 5.17. The van der Waals surface area contributed by atoms with Gasteiger partial charge in [-0.3, -0.25) is 14.4 Å². The monoisotopic (exact) mass is 513 g/mol. The molecule has 0 spiro atoms. The number of methoxy groups -OCH3 is 1. The predicted molar refractivity (Wildman–Crippen MR) is 133 cm³/mol. The molecule has 0 saturated heterocycles. The highest BCUT2D eigenvalue weighted by atomic mass is 35.5. The van der Waals surface area contributed by atoms with Gasteiger partial charge in [-0.15, -0.1) is 0 Å². The summed E-state index contributed by atoms with van der Waals surface area (Å²) in [6.45, 7) is 1.82. The number of anilines is 3. The Morgan fingerprint density at radius 1 is 0.971 bits per heavy atom. The van der Waals surface area contributed by atoms with Crippen molar-refractivity contribution in [2.75, 3.05) is 22.6 Å². The molecule has 0 atom stereocenters. The second-order valence-corrected chi connectivity index (χ2v) is 8.38. The number of nitrogens with one attached hydrogen (secondary N) is 2. The van der Waals surface area contributed by atoms with Crippen LogP contribution in [0.2, 0.25) is 5.02 Å². The van der Waals surface area contributed by atoms with E-state index in [4.69, 9.17) is 27.9 Å². The molecule has 0 bridgehead atoms. The minimum atomic E-state index is -0.704. The zero-order valence-electron chi connectivity index (χ0n) is 18.5. The smallest absolute Gasteiger partial charge is 0.283 e. The molecule has 35 heavy (non-hydrogen) atoms. The second-order valence-electron chi connectivity index (χ2n) is 7.60. The second kappa shape index (κ2) is 9.77. The minimum Gasteiger partial charge on any atom is -0.495 e. The molecule has 4 rings (SSSR count). The Labute approximate surface area is 210 Å². The van der Waals surface area contributed by atoms with Gasteiger partial charge in [-0.1, -0.05) is 35.3 Å². The number of aryl methyl sites for hydroxylation is 1. The van der Waals surface area contributed by atoms with Gasteiger partial charge in [-0.05, 0) is 61.0 Å². The molecule has 0 radical (unpaired) electrons. The number of halogens is 3. The molecule has 3 amide bonds. The van der Waals surface area contributed by atoms with Crippen LogP contribution in [0.1, 0.15) is 15.9 Å². The average Bonchev–Trinajstić information content (AvgIpc) is 3.04. The maximum absolute atomic E-state index is 13.4. The molecule has 178 valence electrons. The lowest BCUT2D eigenvalue weighted by Crippen LogP contribution is -2.32. The first-order chi connectivity index (χ1) is 16.7. The summed E-state index contributed by atoms with van der Waals surface area (Å²) in [6, 6.07) is 15.1. The lowest BCUT2D eigenvalue weighted by Gasteiger charge is -2.18. The molecule has 7 nitrogen and oxygen atoms in total. The summed E-state index contributed by atoms with van der Waals surface area (Å²) in [4.78, 5) is 39.6. The van der Waals surface area contributed by atoms with E-state index in [1.807, 2.05) is 6.92 Å². The third kappa shape index (κ3) is 4.84. The highest BCUT2D eigenvalue weighted by Gasteiger charge is 2.40. The SMILES string of the molecule is COc1ccc(C)cc1N1C(=O)C(Cl)=C(Nc2cccc(C(=O)Nc3ccc(F)c(Cl)c3)c2)C1=O. The summed E-state index contributed by atoms with van der Waals surface area (Å²) >= 11 is 12.0. The van der Waals surface area contributed by atoms with Crippen LogP contribution in [0.4, 0.5) is 21.5 Å². The molecule has 3 aromatic rings. The molecule has 0 fully saturated rings. The number of carbonyl (C=O) groups excluding carboxylic acids is 3. The molecule has 1 aliphatic heterocycles. The molecule has 2 N–H and O–H groups in total. The van der Waals surface area contributed by atoms with Crippen LogP contribution in [0.25, 0.3) is 0 Å². The predicted octanol–water partition coefficient (Wildman–Crippen LogP) is 5.48. The quantitative estimate of drug-likeness (QED) is 0.426. The van der Waals surface area contributed by atoms with Crippen molar-refractivity contribution in [2.24, 2.45) is 0 Å². The van der Waals surface area contributed by atoms with E-state index in [1.54, 1.807) is 36.4 Å². The van der Waals surface area contributed by atoms with Gasteiger partial charge in [0.25, 0.3) is 17.7 Å². The van der Waals surface area contributed by atoms with Crippen LogP contribution in [0, 0.1) is 12.7 Å². The molecular weight excluding hydrogens is 496 g/mol. The molecular formula is C25H18Cl2FN3O4. The van der Waals surface area contributed by atoms with E-state index in [-0.39, 0.29) is 27.0 Å². The van der Waals surface area contributed by atoms with Crippen LogP contribution >= 0.6 is 23.2 Å². The molecule has 10 heteroatoms. The first-order valence-electron chi connectivity index (χ1n) is 10.3. The Hall–Kier alpha value is -3.88. The van der Waals surface area contributed by atoms with Crippen molar-refractivity contribution < 1.29 is 23.5 Å². The molecule has 0 saturated carbocycles. The number of hydrogen-bond acceptors (Lipinski definition) is 5. The fourth-order valence-corrected chi connectivity index (χ4v) is 3.86. The maximum atomic E-state index is 13.4. The Kier molecular flexibility index (Phi) is 6.77. The van der Waals surface area contributed by atoms with Crippen LogP contribution in [0.5, 0.6) is 5.75 Å². The van der Waals surface area contributed by atoms with Crippen LogP contribution in [-0.2, 0) is 9.59 Å². The van der Waals surface area contributed by atoms with Crippen LogP contribution in [0.15, 0.2) is 71.4 Å². The van der Waals surface area contributed by atoms with E-state index < -0.39 is 23.5 Å². The standard InChI is InChI=1S/C25H18Cl2FN3O4/c1-13-6-9-20(35-2)19(10-13)31-24(33)21(27)22(25(31)34)29-15-5-3-4-14(11-15)23(32)30-16-7-8-18(28)17(26)12-16/h3-12,29H,1-2H3,(H,30,32). The first-order valence-corrected chi connectivity index (χ1v) is 11.0. The summed E-state index contributed by atoms with van der Waals surface area (Å²) in [7, 11) is 1.43. The van der Waals surface area contributed by atoms with Crippen molar-refractivity contribution in [3.63, 3.8) is 0 Å². The van der Waals surface area contributed by atoms with Crippen LogP contribution in [-0.4, -0.2) is 24.8 Å². The van der Waals surface area contributed by atoms with Crippen LogP contribution in [0.3, 0.4) is 0 Å². The van der Waals surface area contributed by atoms with E-state index in [0.717, 1.165) is 16.5 Å². The van der Waals surface area contributed by atoms with Crippen molar-refractivity contribution in [1.29, 1.82) is 0 Å². The van der Waals surface area contributed by atoms with E-state index in [2.05, 4.69) is 10.6 Å². The highest BCUT2D eigenvalue weighted by molar-refractivity contribution is 6.53. The van der Waals surface area contributed by atoms with Crippen molar-refractivity contribution in [3.05, 3.63) is 93.4 Å². The number of rotatable bonds is 6. The van der Waals surface area contributed by atoms with Gasteiger partial charge in [0.2, 0.25) is 0 Å². The lowest BCUT2D eigenvalue weighted by molar-refractivity contribution is -0.120. The summed E-state index contributed by atoms with van der Waals surface area (Å²) in [5.74, 6) is -2.13. The van der Waals surface area contributed by atoms with Gasteiger partial charge in [0, 0.05) is 16.9 Å². The van der Waals surface area contributed by atoms with Gasteiger partial charge in [-0.25, -0.2) is 9.29 Å². The van der Waals surface area contributed by atoms with E-state index >= 15 is 0 Å². The van der Waals surface area contributed by atoms with E-state index in [9.17, 15) is 18.8 Å². The first kappa shape index (κ1) is 24.3. The van der Waals surface area contributed by atoms with Gasteiger partial charge in [0.15, 0.2) is 0 Å². The summed E-state index contributed by atoms with van der Waals surface area (Å²) in [5, 5.41) is 5.04. The number of hydrogen-bond donors (Lipinski definition) is 2. The largest absolute Gasteiger partial charge is 0.495 e. The number of imide groups is 1. The zero-order valence-corrected chi connectivity index (χ0v) is 20.0. The Bertz CT molecular complexity index is 1410. The third-order valence-corrected chi connectivity index (χ3v) is 5.81. The number of benzene rings is 3. The van der Waals surface area contributed by atoms with E-state index in [1.165, 1.54) is 25.3 Å². The Morgan fingerprint density at radius 3 is 2.46 bits per heavy atom. The van der Waals surface area contributed by atoms with Crippen LogP contribution < -0.4 is 20.3 Å². The summed E-state index contributed by atoms with van der Waals surface area (Å²) in [6.07, 6.45) is 0. The fraction of sp³-hybridized carbons (Fsp3) is 0.0800. The number of carbonyl (C=O) groups is 3. The summed E-state index contributed by atoms with van der Waals surface area (Å²) < 4.78 is 18.7. The van der Waals surface area contributed by atoms with E-state index in [0.29, 0.717) is 17.1 Å². The van der Waals surface area contributed by atoms with Gasteiger partial charge < -0.3 is 15.4 Å². The lowest BCUT2D eigenvalue weighted by atomic mass is 10.1. The fourth-order valence-electron chi connectivity index (χ4n) is 3.46. The summed E-state index contributed by atoms with van der Waals surface area (Å²) in [5.41, 5.74) is 1.85. The Morgan fingerprint density at radius 2 is 1.74 bits per heavy atom. The van der Waals surface area contributed by atoms with Crippen molar-refractivity contribution >= 4 is 58.0 Å². The Balaban J connectivity index is 1.56. The molecule has 1 aliphatic rings. The molecule has 1 heterocycles. The van der Waals surface area contributed by atoms with Gasteiger partial charge in [-0.2, -0.15) is 0 Å². The number of ether oxygens (including phenoxy) is 1. The van der Waals surface area contributed by atoms with Gasteiger partial charge in [0.05, 0.1) is 17.8 Å². The zero-order chi connectivity index (χ0) is 25.3. The number of nitrogens with zero attached hydrogens (tertiary/aromatic N) is 1. The topological polar surface area (TPSA) is 87.7 Å². The minimum absolute atomic E-state index is 0.126. The molecule has 0 aromatic heterocycles. The number of amides is 3. The normalized spacial score (nSPS) is 13.3. The maximum Gasteiger partial charge on any atom is 0.283 e. The molecule has 3 aromatic carbocycles.